The Labute approximate surface area is 195 Å². The molecule has 0 bridgehead atoms. The molecule has 4 heterocycles. The van der Waals surface area contributed by atoms with E-state index in [1.807, 2.05) is 41.4 Å². The Balaban J connectivity index is 1.55. The second kappa shape index (κ2) is 10.3. The van der Waals surface area contributed by atoms with Crippen LogP contribution in [-0.2, 0) is 4.79 Å². The predicted molar refractivity (Wildman–Crippen MR) is 125 cm³/mol. The molecule has 0 radical (unpaired) electrons. The van der Waals surface area contributed by atoms with Gasteiger partial charge in [0, 0.05) is 53.9 Å². The molecule has 2 aromatic rings. The molecule has 0 aromatic carbocycles. The van der Waals surface area contributed by atoms with Crippen molar-refractivity contribution in [3.63, 3.8) is 0 Å². The zero-order valence-electron chi connectivity index (χ0n) is 17.8. The number of nitriles is 1. The first kappa shape index (κ1) is 22.5. The van der Waals surface area contributed by atoms with Crippen LogP contribution in [0.3, 0.4) is 0 Å². The van der Waals surface area contributed by atoms with E-state index in [4.69, 9.17) is 10.5 Å². The molecule has 0 saturated carbocycles. The highest BCUT2D eigenvalue weighted by atomic mass is 32.2. The molecule has 0 spiro atoms. The van der Waals surface area contributed by atoms with Crippen molar-refractivity contribution in [2.45, 2.75) is 23.9 Å². The van der Waals surface area contributed by atoms with Gasteiger partial charge in [-0.1, -0.05) is 17.8 Å². The Morgan fingerprint density at radius 2 is 2.21 bits per heavy atom. The highest BCUT2D eigenvalue weighted by Gasteiger charge is 2.24. The van der Waals surface area contributed by atoms with Gasteiger partial charge in [-0.3, -0.25) is 9.48 Å². The van der Waals surface area contributed by atoms with E-state index in [-0.39, 0.29) is 17.5 Å². The van der Waals surface area contributed by atoms with Crippen molar-refractivity contribution in [1.82, 2.24) is 25.0 Å². The van der Waals surface area contributed by atoms with Crippen LogP contribution >= 0.6 is 11.8 Å². The van der Waals surface area contributed by atoms with Crippen LogP contribution in [0.25, 0.3) is 5.57 Å². The number of carbonyl (C=O) groups excluding carboxylic acids is 1. The number of hydrogen-bond acceptors (Lipinski definition) is 8. The van der Waals surface area contributed by atoms with Gasteiger partial charge in [-0.2, -0.15) is 10.4 Å². The fourth-order valence-corrected chi connectivity index (χ4v) is 4.72. The predicted octanol–water partition coefficient (Wildman–Crippen LogP) is 2.48. The van der Waals surface area contributed by atoms with Gasteiger partial charge in [-0.15, -0.1) is 0 Å². The summed E-state index contributed by atoms with van der Waals surface area (Å²) in [6, 6.07) is 7.89. The van der Waals surface area contributed by atoms with Crippen molar-refractivity contribution in [3.8, 4) is 6.07 Å². The van der Waals surface area contributed by atoms with Gasteiger partial charge in [0.2, 0.25) is 5.91 Å². The molecule has 2 aliphatic heterocycles. The first-order valence-corrected chi connectivity index (χ1v) is 11.3. The largest absolute Gasteiger partial charge is 0.387 e. The van der Waals surface area contributed by atoms with E-state index in [0.717, 1.165) is 40.1 Å². The van der Waals surface area contributed by atoms with Crippen molar-refractivity contribution in [2.24, 2.45) is 0 Å². The zero-order valence-corrected chi connectivity index (χ0v) is 18.6. The van der Waals surface area contributed by atoms with E-state index >= 15 is 0 Å². The number of piperidine rings is 1. The van der Waals surface area contributed by atoms with Gasteiger partial charge in [0.05, 0.1) is 23.5 Å². The summed E-state index contributed by atoms with van der Waals surface area (Å²) in [7, 11) is 0. The number of amides is 1. The minimum Gasteiger partial charge on any atom is -0.387 e. The highest BCUT2D eigenvalue weighted by Crippen LogP contribution is 2.36. The Kier molecular flexibility index (Phi) is 7.02. The second-order valence-corrected chi connectivity index (χ2v) is 8.61. The molecule has 0 atom stereocenters. The van der Waals surface area contributed by atoms with Gasteiger partial charge in [0.15, 0.2) is 0 Å². The molecule has 2 aromatic heterocycles. The van der Waals surface area contributed by atoms with Gasteiger partial charge in [0.25, 0.3) is 0 Å². The monoisotopic (exact) mass is 461 g/mol. The lowest BCUT2D eigenvalue weighted by Gasteiger charge is -2.31. The van der Waals surface area contributed by atoms with Crippen LogP contribution in [0.4, 0.5) is 0 Å². The molecular weight excluding hydrogens is 438 g/mol. The molecule has 3 N–H and O–H groups in total. The van der Waals surface area contributed by atoms with Crippen LogP contribution in [0.15, 0.2) is 70.3 Å². The van der Waals surface area contributed by atoms with Crippen LogP contribution in [0.1, 0.15) is 24.4 Å². The van der Waals surface area contributed by atoms with Crippen LogP contribution in [0.2, 0.25) is 0 Å². The maximum Gasteiger partial charge on any atom is 0.248 e. The quantitative estimate of drug-likeness (QED) is 0.445. The zero-order chi connectivity index (χ0) is 23.2. The number of aromatic nitrogens is 3. The summed E-state index contributed by atoms with van der Waals surface area (Å²) in [5.41, 5.74) is 2.63. The van der Waals surface area contributed by atoms with Crippen LogP contribution < -0.4 is 5.32 Å². The number of likely N-dealkylation sites (tertiary alicyclic amines) is 1. The van der Waals surface area contributed by atoms with Gasteiger partial charge >= 0.3 is 0 Å². The number of hydrogen-bond donors (Lipinski definition) is 3. The van der Waals surface area contributed by atoms with Crippen LogP contribution in [0, 0.1) is 16.7 Å². The third-order valence-corrected chi connectivity index (χ3v) is 6.55. The van der Waals surface area contributed by atoms with Gasteiger partial charge in [0.1, 0.15) is 17.7 Å². The summed E-state index contributed by atoms with van der Waals surface area (Å²) in [6.07, 6.45) is 11.9. The summed E-state index contributed by atoms with van der Waals surface area (Å²) < 4.78 is 1.93. The van der Waals surface area contributed by atoms with E-state index in [0.29, 0.717) is 18.8 Å². The molecular formula is C23H23N7O2S. The molecule has 0 aliphatic carbocycles. The first-order chi connectivity index (χ1) is 16.1. The van der Waals surface area contributed by atoms with Crippen LogP contribution in [-0.4, -0.2) is 56.6 Å². The Morgan fingerprint density at radius 3 is 2.88 bits per heavy atom. The lowest BCUT2D eigenvalue weighted by atomic mass is 10.0. The summed E-state index contributed by atoms with van der Waals surface area (Å²) in [4.78, 5) is 18.5. The van der Waals surface area contributed by atoms with E-state index in [2.05, 4.69) is 21.5 Å². The number of thioether (sulfide) groups is 1. The summed E-state index contributed by atoms with van der Waals surface area (Å²) in [5, 5.41) is 34.6. The number of aliphatic hydroxyl groups excluding tert-OH is 1. The summed E-state index contributed by atoms with van der Waals surface area (Å²) in [5.74, 6) is -0.235. The fourth-order valence-electron chi connectivity index (χ4n) is 3.78. The summed E-state index contributed by atoms with van der Waals surface area (Å²) >= 11 is 1.42. The number of rotatable bonds is 6. The van der Waals surface area contributed by atoms with Crippen molar-refractivity contribution in [2.75, 3.05) is 19.7 Å². The van der Waals surface area contributed by atoms with Gasteiger partial charge in [-0.05, 0) is 31.1 Å². The van der Waals surface area contributed by atoms with Gasteiger partial charge < -0.3 is 20.7 Å². The smallest absolute Gasteiger partial charge is 0.248 e. The number of nitrogens with zero attached hydrogens (tertiary/aromatic N) is 5. The fraction of sp³-hybridized carbons (Fsp3) is 0.261. The number of aliphatic hydroxyl groups is 1. The molecule has 4 rings (SSSR count). The molecule has 0 unspecified atom stereocenters. The van der Waals surface area contributed by atoms with Crippen molar-refractivity contribution >= 4 is 29.5 Å². The standard InChI is InChI=1S/C23H23N7O2S/c24-10-17(11-25)23-20(33-21-3-1-2-6-26-21)9-16(12-27-23)18-13-28-30(14-18)19-4-7-29(8-5-19)22(32)15-31/h1-3,6,9-10,12-14,19,24,27,31H,4-5,7-8,15H2/b23-17+,24-10?. The van der Waals surface area contributed by atoms with Crippen molar-refractivity contribution in [3.05, 3.63) is 70.8 Å². The molecule has 33 heavy (non-hydrogen) atoms. The van der Waals surface area contributed by atoms with Crippen molar-refractivity contribution in [1.29, 1.82) is 10.7 Å². The molecule has 168 valence electrons. The maximum absolute atomic E-state index is 11.7. The molecule has 9 nitrogen and oxygen atoms in total. The van der Waals surface area contributed by atoms with E-state index in [1.54, 1.807) is 17.3 Å². The molecule has 1 saturated heterocycles. The third-order valence-electron chi connectivity index (χ3n) is 5.55. The lowest BCUT2D eigenvalue weighted by molar-refractivity contribution is -0.135. The molecule has 2 aliphatic rings. The topological polar surface area (TPSA) is 131 Å². The minimum absolute atomic E-state index is 0.184. The second-order valence-electron chi connectivity index (χ2n) is 7.55. The molecule has 10 heteroatoms. The third kappa shape index (κ3) is 5.05. The highest BCUT2D eigenvalue weighted by molar-refractivity contribution is 8.03. The molecule has 1 fully saturated rings. The van der Waals surface area contributed by atoms with Crippen LogP contribution in [0.5, 0.6) is 0 Å². The average Bonchev–Trinajstić information content (AvgIpc) is 3.36. The number of carbonyl (C=O) groups is 1. The maximum atomic E-state index is 11.7. The van der Waals surface area contributed by atoms with E-state index < -0.39 is 6.61 Å². The number of dihydropyridines is 1. The van der Waals surface area contributed by atoms with E-state index in [1.165, 1.54) is 11.8 Å². The van der Waals surface area contributed by atoms with Crippen molar-refractivity contribution < 1.29 is 9.90 Å². The number of nitrogens with one attached hydrogen (secondary N) is 2. The average molecular weight is 462 g/mol. The summed E-state index contributed by atoms with van der Waals surface area (Å²) in [6.45, 7) is 0.747. The minimum atomic E-state index is -0.454. The Hall–Kier alpha value is -3.68. The SMILES string of the molecule is N#C/C(C=N)=C1/NC=C(c2cnn(C3CCN(C(=O)CO)CC3)c2)C=C1Sc1ccccn1. The lowest BCUT2D eigenvalue weighted by Crippen LogP contribution is -2.40. The Bertz CT molecular complexity index is 1170. The van der Waals surface area contributed by atoms with Gasteiger partial charge in [-0.25, -0.2) is 4.98 Å². The number of allylic oxidation sites excluding steroid dienone is 3. The first-order valence-electron chi connectivity index (χ1n) is 10.5. The Morgan fingerprint density at radius 1 is 1.39 bits per heavy atom. The van der Waals surface area contributed by atoms with E-state index in [9.17, 15) is 10.1 Å². The normalized spacial score (nSPS) is 18.0. The number of pyridine rings is 1. The molecule has 1 amide bonds.